The summed E-state index contributed by atoms with van der Waals surface area (Å²) in [5.74, 6) is 0.112. The third-order valence-corrected chi connectivity index (χ3v) is 5.38. The molecule has 0 aliphatic carbocycles. The van der Waals surface area contributed by atoms with Gasteiger partial charge in [-0.2, -0.15) is 0 Å². The van der Waals surface area contributed by atoms with E-state index in [0.29, 0.717) is 42.7 Å². The van der Waals surface area contributed by atoms with Gasteiger partial charge in [0.2, 0.25) is 5.88 Å². The Morgan fingerprint density at radius 2 is 1.94 bits per heavy atom. The van der Waals surface area contributed by atoms with Gasteiger partial charge in [-0.1, -0.05) is 36.4 Å². The lowest BCUT2D eigenvalue weighted by Crippen LogP contribution is -2.12. The van der Waals surface area contributed by atoms with Gasteiger partial charge in [-0.15, -0.1) is 0 Å². The monoisotopic (exact) mass is 461 g/mol. The van der Waals surface area contributed by atoms with E-state index in [-0.39, 0.29) is 0 Å². The Labute approximate surface area is 197 Å². The zero-order chi connectivity index (χ0) is 23.2. The molecular formula is C26H24ClN3O3. The fourth-order valence-corrected chi connectivity index (χ4v) is 3.64. The van der Waals surface area contributed by atoms with Crippen LogP contribution in [0, 0.1) is 0 Å². The molecule has 0 fully saturated rings. The van der Waals surface area contributed by atoms with Gasteiger partial charge in [-0.05, 0) is 48.9 Å². The van der Waals surface area contributed by atoms with Crippen LogP contribution >= 0.6 is 11.6 Å². The van der Waals surface area contributed by atoms with Crippen LogP contribution in [0.3, 0.4) is 0 Å². The van der Waals surface area contributed by atoms with Crippen molar-refractivity contribution in [3.63, 3.8) is 0 Å². The molecule has 6 nitrogen and oxygen atoms in total. The summed E-state index contributed by atoms with van der Waals surface area (Å²) in [6.45, 7) is 6.94. The third-order valence-electron chi connectivity index (χ3n) is 5.12. The average Bonchev–Trinajstić information content (AvgIpc) is 3.16. The van der Waals surface area contributed by atoms with Crippen LogP contribution in [0.1, 0.15) is 23.9 Å². The highest BCUT2D eigenvalue weighted by Crippen LogP contribution is 2.25. The minimum atomic E-state index is -0.395. The van der Waals surface area contributed by atoms with Gasteiger partial charge in [0.15, 0.2) is 0 Å². The number of hydrogen-bond acceptors (Lipinski definition) is 5. The number of nitrogens with zero attached hydrogens (tertiary/aromatic N) is 3. The number of pyridine rings is 2. The highest BCUT2D eigenvalue weighted by atomic mass is 35.5. The van der Waals surface area contributed by atoms with Crippen LogP contribution in [0.25, 0.3) is 11.0 Å². The largest absolute Gasteiger partial charge is 0.471 e. The lowest BCUT2D eigenvalue weighted by Gasteiger charge is -2.12. The van der Waals surface area contributed by atoms with Gasteiger partial charge in [0.25, 0.3) is 0 Å². The normalized spacial score (nSPS) is 10.8. The molecule has 0 saturated heterocycles. The van der Waals surface area contributed by atoms with E-state index >= 15 is 0 Å². The van der Waals surface area contributed by atoms with E-state index in [0.717, 1.165) is 28.0 Å². The Morgan fingerprint density at radius 3 is 2.67 bits per heavy atom. The lowest BCUT2D eigenvalue weighted by molar-refractivity contribution is -0.138. The fourth-order valence-electron chi connectivity index (χ4n) is 3.52. The van der Waals surface area contributed by atoms with Crippen molar-refractivity contribution in [1.82, 2.24) is 14.5 Å². The van der Waals surface area contributed by atoms with Gasteiger partial charge >= 0.3 is 5.97 Å². The van der Waals surface area contributed by atoms with E-state index in [9.17, 15) is 4.79 Å². The zero-order valence-corrected chi connectivity index (χ0v) is 19.1. The van der Waals surface area contributed by atoms with E-state index < -0.39 is 5.97 Å². The molecule has 0 aliphatic heterocycles. The molecule has 0 spiro atoms. The molecule has 7 heteroatoms. The standard InChI is InChI=1S/C26H24ClN3O3/c1-3-32-26(31)18(2)14-22-15-23-24(30(22)16-19-7-9-20(27)10-8-19)11-12-25(29-23)33-17-21-6-4-5-13-28-21/h4-13,15H,2-3,14,16-17H2,1H3. The molecule has 0 N–H and O–H groups in total. The average molecular weight is 462 g/mol. The summed E-state index contributed by atoms with van der Waals surface area (Å²) in [6.07, 6.45) is 2.09. The summed E-state index contributed by atoms with van der Waals surface area (Å²) >= 11 is 6.05. The zero-order valence-electron chi connectivity index (χ0n) is 18.3. The number of aromatic nitrogens is 3. The van der Waals surface area contributed by atoms with Crippen molar-refractivity contribution in [2.45, 2.75) is 26.5 Å². The Hall–Kier alpha value is -3.64. The van der Waals surface area contributed by atoms with E-state index in [1.54, 1.807) is 13.1 Å². The quantitative estimate of drug-likeness (QED) is 0.247. The van der Waals surface area contributed by atoms with Crippen LogP contribution in [0.15, 0.2) is 79.0 Å². The first-order chi connectivity index (χ1) is 16.0. The van der Waals surface area contributed by atoms with E-state index in [4.69, 9.17) is 21.1 Å². The van der Waals surface area contributed by atoms with Crippen molar-refractivity contribution < 1.29 is 14.3 Å². The Balaban J connectivity index is 1.64. The van der Waals surface area contributed by atoms with Crippen molar-refractivity contribution in [2.24, 2.45) is 0 Å². The highest BCUT2D eigenvalue weighted by Gasteiger charge is 2.16. The third kappa shape index (κ3) is 5.59. The van der Waals surface area contributed by atoms with Crippen LogP contribution < -0.4 is 4.74 Å². The van der Waals surface area contributed by atoms with E-state index in [2.05, 4.69) is 21.1 Å². The van der Waals surface area contributed by atoms with Crippen molar-refractivity contribution in [1.29, 1.82) is 0 Å². The summed E-state index contributed by atoms with van der Waals surface area (Å²) in [5, 5.41) is 0.684. The maximum atomic E-state index is 12.2. The summed E-state index contributed by atoms with van der Waals surface area (Å²) < 4.78 is 13.1. The number of halogens is 1. The topological polar surface area (TPSA) is 66.2 Å². The summed E-state index contributed by atoms with van der Waals surface area (Å²) in [6, 6.07) is 19.2. The van der Waals surface area contributed by atoms with E-state index in [1.807, 2.05) is 60.7 Å². The molecule has 1 aromatic carbocycles. The second-order valence-corrected chi connectivity index (χ2v) is 7.95. The van der Waals surface area contributed by atoms with Crippen molar-refractivity contribution >= 4 is 28.6 Å². The molecule has 33 heavy (non-hydrogen) atoms. The number of benzene rings is 1. The van der Waals surface area contributed by atoms with Gasteiger partial charge in [-0.3, -0.25) is 4.98 Å². The maximum absolute atomic E-state index is 12.2. The number of carbonyl (C=O) groups is 1. The van der Waals surface area contributed by atoms with Gasteiger partial charge in [-0.25, -0.2) is 9.78 Å². The van der Waals surface area contributed by atoms with Gasteiger partial charge < -0.3 is 14.0 Å². The predicted molar refractivity (Wildman–Crippen MR) is 128 cm³/mol. The molecule has 3 heterocycles. The second kappa shape index (κ2) is 10.3. The lowest BCUT2D eigenvalue weighted by atomic mass is 10.1. The van der Waals surface area contributed by atoms with Gasteiger partial charge in [0, 0.05) is 41.5 Å². The molecule has 0 amide bonds. The molecule has 4 aromatic rings. The number of ether oxygens (including phenoxy) is 2. The van der Waals surface area contributed by atoms with Gasteiger partial charge in [0.1, 0.15) is 6.61 Å². The van der Waals surface area contributed by atoms with Crippen LogP contribution in [-0.4, -0.2) is 27.1 Å². The maximum Gasteiger partial charge on any atom is 0.333 e. The first-order valence-corrected chi connectivity index (χ1v) is 11.0. The summed E-state index contributed by atoms with van der Waals surface area (Å²) in [7, 11) is 0. The SMILES string of the molecule is C=C(Cc1cc2nc(OCc3ccccn3)ccc2n1Cc1ccc(Cl)cc1)C(=O)OCC. The molecule has 0 saturated carbocycles. The Kier molecular flexibility index (Phi) is 7.05. The number of hydrogen-bond donors (Lipinski definition) is 0. The van der Waals surface area contributed by atoms with Crippen molar-refractivity contribution in [3.05, 3.63) is 101 Å². The molecule has 0 atom stereocenters. The highest BCUT2D eigenvalue weighted by molar-refractivity contribution is 6.30. The van der Waals surface area contributed by atoms with E-state index in [1.165, 1.54) is 0 Å². The Bertz CT molecular complexity index is 1270. The number of carbonyl (C=O) groups excluding carboxylic acids is 1. The Morgan fingerprint density at radius 1 is 1.12 bits per heavy atom. The minimum absolute atomic E-state index is 0.310. The first kappa shape index (κ1) is 22.6. The molecule has 0 unspecified atom stereocenters. The molecular weight excluding hydrogens is 438 g/mol. The van der Waals surface area contributed by atoms with Crippen LogP contribution in [0.2, 0.25) is 5.02 Å². The molecule has 0 aliphatic rings. The summed E-state index contributed by atoms with van der Waals surface area (Å²) in [5.41, 5.74) is 4.91. The predicted octanol–water partition coefficient (Wildman–Crippen LogP) is 5.37. The number of rotatable bonds is 9. The smallest absolute Gasteiger partial charge is 0.333 e. The molecule has 0 radical (unpaired) electrons. The number of fused-ring (bicyclic) bond motifs is 1. The summed E-state index contributed by atoms with van der Waals surface area (Å²) in [4.78, 5) is 21.1. The molecule has 3 aromatic heterocycles. The van der Waals surface area contributed by atoms with Crippen LogP contribution in [0.5, 0.6) is 5.88 Å². The van der Waals surface area contributed by atoms with Crippen molar-refractivity contribution in [3.8, 4) is 5.88 Å². The fraction of sp³-hybridized carbons (Fsp3) is 0.192. The van der Waals surface area contributed by atoms with Crippen molar-refractivity contribution in [2.75, 3.05) is 6.61 Å². The molecule has 0 bridgehead atoms. The van der Waals surface area contributed by atoms with Crippen LogP contribution in [-0.2, 0) is 29.1 Å². The molecule has 4 rings (SSSR count). The van der Waals surface area contributed by atoms with Gasteiger partial charge in [0.05, 0.1) is 23.3 Å². The second-order valence-electron chi connectivity index (χ2n) is 7.51. The first-order valence-electron chi connectivity index (χ1n) is 10.6. The minimum Gasteiger partial charge on any atom is -0.471 e. The number of esters is 1. The molecule has 168 valence electrons. The van der Waals surface area contributed by atoms with Crippen LogP contribution in [0.4, 0.5) is 0 Å².